The minimum atomic E-state index is -0.226. The molecule has 8 atom stereocenters. The molecule has 0 unspecified atom stereocenters. The summed E-state index contributed by atoms with van der Waals surface area (Å²) in [6.45, 7) is 8.90. The number of ether oxygens (including phenoxy) is 1. The molecule has 0 saturated heterocycles. The van der Waals surface area contributed by atoms with Gasteiger partial charge in [-0.25, -0.2) is 4.79 Å². The zero-order valence-corrected chi connectivity index (χ0v) is 17.4. The van der Waals surface area contributed by atoms with Crippen molar-refractivity contribution in [1.29, 1.82) is 0 Å². The Bertz CT molecular complexity index is 782. The van der Waals surface area contributed by atoms with E-state index >= 15 is 0 Å². The van der Waals surface area contributed by atoms with Crippen molar-refractivity contribution in [3.63, 3.8) is 0 Å². The second kappa shape index (κ2) is 7.17. The smallest absolute Gasteiger partial charge is 0.338 e. The lowest BCUT2D eigenvalue weighted by Gasteiger charge is -2.51. The van der Waals surface area contributed by atoms with Gasteiger partial charge >= 0.3 is 5.97 Å². The maximum Gasteiger partial charge on any atom is 0.338 e. The minimum Gasteiger partial charge on any atom is -0.458 e. The highest BCUT2D eigenvalue weighted by molar-refractivity contribution is 5.89. The van der Waals surface area contributed by atoms with Crippen LogP contribution in [0.4, 0.5) is 0 Å². The molecule has 3 aliphatic rings. The fourth-order valence-electron chi connectivity index (χ4n) is 6.70. The lowest BCUT2D eigenvalue weighted by atomic mass is 9.54. The van der Waals surface area contributed by atoms with Gasteiger partial charge in [0.15, 0.2) is 0 Å². The first kappa shape index (κ1) is 19.4. The molecule has 0 aliphatic heterocycles. The van der Waals surface area contributed by atoms with Crippen LogP contribution in [-0.4, -0.2) is 18.4 Å². The maximum atomic E-state index is 12.7. The van der Waals surface area contributed by atoms with Gasteiger partial charge in [0.25, 0.3) is 0 Å². The normalized spacial score (nSPS) is 42.1. The Morgan fingerprint density at radius 2 is 1.89 bits per heavy atom. The molecule has 3 heteroatoms. The number of hydrogen-bond acceptors (Lipinski definition) is 3. The number of fused-ring (bicyclic) bond motifs is 3. The Morgan fingerprint density at radius 3 is 2.54 bits per heavy atom. The summed E-state index contributed by atoms with van der Waals surface area (Å²) in [6.07, 6.45) is 6.39. The predicted molar refractivity (Wildman–Crippen MR) is 110 cm³/mol. The maximum absolute atomic E-state index is 12.7. The summed E-state index contributed by atoms with van der Waals surface area (Å²) in [4.78, 5) is 25.1. The molecule has 4 rings (SSSR count). The summed E-state index contributed by atoms with van der Waals surface area (Å²) in [5.74, 6) is 1.77. The molecule has 3 saturated carbocycles. The summed E-state index contributed by atoms with van der Waals surface area (Å²) < 4.78 is 6.08. The van der Waals surface area contributed by atoms with Gasteiger partial charge in [0.05, 0.1) is 5.56 Å². The van der Waals surface area contributed by atoms with Crippen LogP contribution in [0.25, 0.3) is 0 Å². The van der Waals surface area contributed by atoms with E-state index in [1.54, 1.807) is 0 Å². The summed E-state index contributed by atoms with van der Waals surface area (Å²) in [7, 11) is 0. The SMILES string of the molecule is C/C=C(\C)[C@H]1[C@@H](C=O)[C@H]2[C@H]([C@@H](OC(=O)c3ccccc3)CC[C@@H]2C)[C@H]2C[C@]21C. The highest BCUT2D eigenvalue weighted by atomic mass is 16.5. The summed E-state index contributed by atoms with van der Waals surface area (Å²) in [6, 6.07) is 9.27. The van der Waals surface area contributed by atoms with Crippen molar-refractivity contribution in [2.24, 2.45) is 40.9 Å². The Kier molecular flexibility index (Phi) is 4.97. The summed E-state index contributed by atoms with van der Waals surface area (Å²) >= 11 is 0. The van der Waals surface area contributed by atoms with Crippen molar-refractivity contribution in [3.8, 4) is 0 Å². The Hall–Kier alpha value is -1.90. The van der Waals surface area contributed by atoms with E-state index in [4.69, 9.17) is 4.74 Å². The van der Waals surface area contributed by atoms with Gasteiger partial charge in [0.2, 0.25) is 0 Å². The van der Waals surface area contributed by atoms with Crippen LogP contribution >= 0.6 is 0 Å². The van der Waals surface area contributed by atoms with Crippen LogP contribution in [0.5, 0.6) is 0 Å². The third-order valence-corrected chi connectivity index (χ3v) is 8.16. The van der Waals surface area contributed by atoms with Crippen LogP contribution in [0.3, 0.4) is 0 Å². The first-order valence-corrected chi connectivity index (χ1v) is 10.8. The molecule has 0 aromatic heterocycles. The van der Waals surface area contributed by atoms with Crippen LogP contribution in [0.1, 0.15) is 57.3 Å². The number of allylic oxidation sites excluding steroid dienone is 2. The lowest BCUT2D eigenvalue weighted by molar-refractivity contribution is -0.127. The van der Waals surface area contributed by atoms with E-state index in [0.29, 0.717) is 35.2 Å². The first-order chi connectivity index (χ1) is 13.4. The van der Waals surface area contributed by atoms with Crippen LogP contribution in [0.2, 0.25) is 0 Å². The molecule has 150 valence electrons. The molecule has 0 N–H and O–H groups in total. The number of benzene rings is 1. The molecule has 3 fully saturated rings. The number of hydrogen-bond donors (Lipinski definition) is 0. The predicted octanol–water partition coefficient (Wildman–Crippen LogP) is 5.31. The lowest BCUT2D eigenvalue weighted by Crippen LogP contribution is -2.51. The topological polar surface area (TPSA) is 43.4 Å². The Morgan fingerprint density at radius 1 is 1.18 bits per heavy atom. The summed E-state index contributed by atoms with van der Waals surface area (Å²) in [5, 5.41) is 0. The fourth-order valence-corrected chi connectivity index (χ4v) is 6.70. The second-order valence-corrected chi connectivity index (χ2v) is 9.56. The Labute approximate surface area is 168 Å². The fraction of sp³-hybridized carbons (Fsp3) is 0.600. The standard InChI is InChI=1S/C25H32O3/c1-5-15(2)23-18(14-26)21-16(3)11-12-20(22(21)19-13-25(19,23)4)28-24(27)17-9-7-6-8-10-17/h5-10,14,16,18-23H,11-13H2,1-4H3/b15-5+/t16-,18-,19+,20-,21-,22-,23-,25+/m0/s1. The van der Waals surface area contributed by atoms with Gasteiger partial charge in [0, 0.05) is 11.8 Å². The van der Waals surface area contributed by atoms with E-state index in [1.165, 1.54) is 11.9 Å². The van der Waals surface area contributed by atoms with Crippen LogP contribution < -0.4 is 0 Å². The van der Waals surface area contributed by atoms with Crippen molar-refractivity contribution in [3.05, 3.63) is 47.5 Å². The largest absolute Gasteiger partial charge is 0.458 e. The van der Waals surface area contributed by atoms with Gasteiger partial charge in [0.1, 0.15) is 12.4 Å². The van der Waals surface area contributed by atoms with Crippen molar-refractivity contribution >= 4 is 12.3 Å². The van der Waals surface area contributed by atoms with E-state index in [0.717, 1.165) is 19.3 Å². The van der Waals surface area contributed by atoms with E-state index in [2.05, 4.69) is 33.8 Å². The molecule has 0 bridgehead atoms. The number of esters is 1. The molecule has 1 aromatic carbocycles. The molecular weight excluding hydrogens is 348 g/mol. The minimum absolute atomic E-state index is 0.0261. The quantitative estimate of drug-likeness (QED) is 0.404. The van der Waals surface area contributed by atoms with Gasteiger partial charge in [-0.2, -0.15) is 0 Å². The van der Waals surface area contributed by atoms with Gasteiger partial charge in [-0.3, -0.25) is 0 Å². The average Bonchev–Trinajstić information content (AvgIpc) is 3.40. The monoisotopic (exact) mass is 380 g/mol. The second-order valence-electron chi connectivity index (χ2n) is 9.56. The highest BCUT2D eigenvalue weighted by Gasteiger charge is 2.69. The van der Waals surface area contributed by atoms with Crippen molar-refractivity contribution < 1.29 is 14.3 Å². The van der Waals surface area contributed by atoms with Gasteiger partial charge in [-0.15, -0.1) is 0 Å². The van der Waals surface area contributed by atoms with Gasteiger partial charge in [-0.05, 0) is 74.3 Å². The van der Waals surface area contributed by atoms with E-state index in [1.807, 2.05) is 30.3 Å². The van der Waals surface area contributed by atoms with E-state index in [9.17, 15) is 9.59 Å². The van der Waals surface area contributed by atoms with Crippen molar-refractivity contribution in [2.45, 2.75) is 53.1 Å². The summed E-state index contributed by atoms with van der Waals surface area (Å²) in [5.41, 5.74) is 2.12. The van der Waals surface area contributed by atoms with E-state index < -0.39 is 0 Å². The Balaban J connectivity index is 1.64. The van der Waals surface area contributed by atoms with Gasteiger partial charge in [-0.1, -0.05) is 43.7 Å². The zero-order valence-electron chi connectivity index (χ0n) is 17.4. The third-order valence-electron chi connectivity index (χ3n) is 8.16. The molecule has 0 radical (unpaired) electrons. The molecule has 3 nitrogen and oxygen atoms in total. The first-order valence-electron chi connectivity index (χ1n) is 10.8. The number of carbonyl (C=O) groups excluding carboxylic acids is 2. The molecule has 3 aliphatic carbocycles. The molecule has 0 spiro atoms. The zero-order chi connectivity index (χ0) is 20.1. The number of rotatable bonds is 4. The van der Waals surface area contributed by atoms with Crippen molar-refractivity contribution in [1.82, 2.24) is 0 Å². The third kappa shape index (κ3) is 2.94. The molecule has 0 heterocycles. The molecular formula is C25H32O3. The van der Waals surface area contributed by atoms with E-state index in [-0.39, 0.29) is 23.4 Å². The van der Waals surface area contributed by atoms with Crippen molar-refractivity contribution in [2.75, 3.05) is 0 Å². The van der Waals surface area contributed by atoms with Crippen LogP contribution in [0.15, 0.2) is 42.0 Å². The highest BCUT2D eigenvalue weighted by Crippen LogP contribution is 2.72. The van der Waals surface area contributed by atoms with Crippen LogP contribution in [-0.2, 0) is 9.53 Å². The molecule has 28 heavy (non-hydrogen) atoms. The average molecular weight is 381 g/mol. The molecule has 0 amide bonds. The molecule has 1 aromatic rings. The van der Waals surface area contributed by atoms with Crippen LogP contribution in [0, 0.1) is 40.9 Å². The number of carbonyl (C=O) groups is 2. The van der Waals surface area contributed by atoms with Gasteiger partial charge < -0.3 is 9.53 Å². The number of aldehydes is 1.